The van der Waals surface area contributed by atoms with E-state index in [9.17, 15) is 9.90 Å². The summed E-state index contributed by atoms with van der Waals surface area (Å²) in [6, 6.07) is 0.498. The van der Waals surface area contributed by atoms with Crippen LogP contribution in [0.2, 0.25) is 0 Å². The van der Waals surface area contributed by atoms with Crippen LogP contribution in [-0.4, -0.2) is 72.4 Å². The maximum atomic E-state index is 12.0. The summed E-state index contributed by atoms with van der Waals surface area (Å²) in [7, 11) is 1.66. The van der Waals surface area contributed by atoms with Gasteiger partial charge in [-0.05, 0) is 25.7 Å². The van der Waals surface area contributed by atoms with Crippen molar-refractivity contribution >= 4 is 5.91 Å². The molecule has 0 radical (unpaired) electrons. The molecule has 3 aliphatic rings. The van der Waals surface area contributed by atoms with Crippen molar-refractivity contribution in [1.29, 1.82) is 0 Å². The summed E-state index contributed by atoms with van der Waals surface area (Å²) in [5.41, 5.74) is 0. The number of aliphatic hydroxyl groups is 1. The Morgan fingerprint density at radius 2 is 1.84 bits per heavy atom. The first kappa shape index (κ1) is 13.3. The molecule has 2 atom stereocenters. The lowest BCUT2D eigenvalue weighted by Gasteiger charge is -2.36. The number of likely N-dealkylation sites (tertiary alicyclic amines) is 2. The van der Waals surface area contributed by atoms with Gasteiger partial charge in [-0.3, -0.25) is 9.69 Å². The average Bonchev–Trinajstić information content (AvgIpc) is 3.21. The van der Waals surface area contributed by atoms with Crippen LogP contribution in [0, 0.1) is 5.92 Å². The Morgan fingerprint density at radius 1 is 1.16 bits per heavy atom. The first-order chi connectivity index (χ1) is 9.19. The number of methoxy groups -OCH3 is 1. The van der Waals surface area contributed by atoms with Gasteiger partial charge in [-0.25, -0.2) is 0 Å². The number of carbonyl (C=O) groups excluding carboxylic acids is 1. The Labute approximate surface area is 114 Å². The van der Waals surface area contributed by atoms with Gasteiger partial charge in [0, 0.05) is 45.2 Å². The molecule has 0 bridgehead atoms. The molecule has 1 N–H and O–H groups in total. The number of rotatable bonds is 3. The topological polar surface area (TPSA) is 53.0 Å². The van der Waals surface area contributed by atoms with Gasteiger partial charge in [0.1, 0.15) is 0 Å². The highest BCUT2D eigenvalue weighted by molar-refractivity contribution is 5.81. The second kappa shape index (κ2) is 5.38. The van der Waals surface area contributed by atoms with Crippen molar-refractivity contribution in [2.45, 2.75) is 43.9 Å². The van der Waals surface area contributed by atoms with Crippen LogP contribution in [0.25, 0.3) is 0 Å². The molecule has 0 unspecified atom stereocenters. The van der Waals surface area contributed by atoms with Crippen LogP contribution in [0.15, 0.2) is 0 Å². The van der Waals surface area contributed by atoms with Crippen LogP contribution >= 0.6 is 0 Å². The number of hydrogen-bond donors (Lipinski definition) is 1. The second-order valence-electron chi connectivity index (χ2n) is 6.13. The van der Waals surface area contributed by atoms with Crippen molar-refractivity contribution in [3.8, 4) is 0 Å². The molecule has 2 heterocycles. The number of β-amino-alcohol motifs (C(OH)–C–C–N with tert-alkyl or cyclic N) is 1. The predicted molar refractivity (Wildman–Crippen MR) is 70.7 cm³/mol. The monoisotopic (exact) mass is 268 g/mol. The molecule has 19 heavy (non-hydrogen) atoms. The summed E-state index contributed by atoms with van der Waals surface area (Å²) < 4.78 is 5.29. The zero-order valence-corrected chi connectivity index (χ0v) is 11.6. The zero-order chi connectivity index (χ0) is 13.4. The van der Waals surface area contributed by atoms with Crippen LogP contribution in [0.3, 0.4) is 0 Å². The van der Waals surface area contributed by atoms with Gasteiger partial charge in [-0.1, -0.05) is 0 Å². The Balaban J connectivity index is 1.49. The molecule has 0 aromatic rings. The summed E-state index contributed by atoms with van der Waals surface area (Å²) in [4.78, 5) is 16.4. The lowest BCUT2D eigenvalue weighted by atomic mass is 10.0. The first-order valence-electron chi connectivity index (χ1n) is 7.42. The van der Waals surface area contributed by atoms with E-state index in [1.165, 1.54) is 0 Å². The molecule has 3 fully saturated rings. The smallest absolute Gasteiger partial charge is 0.225 e. The fourth-order valence-electron chi connectivity index (χ4n) is 3.35. The molecule has 0 aromatic heterocycles. The standard InChI is InChI=1S/C14H24N2O3/c1-19-13-9-16(8-12(13)17)11-4-6-15(7-5-11)14(18)10-2-3-10/h10-13,17H,2-9H2,1H3/t12-,13-/m0/s1. The van der Waals surface area contributed by atoms with E-state index in [2.05, 4.69) is 4.90 Å². The van der Waals surface area contributed by atoms with Crippen molar-refractivity contribution in [3.63, 3.8) is 0 Å². The van der Waals surface area contributed by atoms with E-state index in [4.69, 9.17) is 4.74 Å². The summed E-state index contributed by atoms with van der Waals surface area (Å²) in [5.74, 6) is 0.706. The quantitative estimate of drug-likeness (QED) is 0.787. The van der Waals surface area contributed by atoms with Gasteiger partial charge in [0.15, 0.2) is 0 Å². The summed E-state index contributed by atoms with van der Waals surface area (Å²) in [6.07, 6.45) is 3.82. The molecule has 1 saturated carbocycles. The molecule has 5 heteroatoms. The fourth-order valence-corrected chi connectivity index (χ4v) is 3.35. The van der Waals surface area contributed by atoms with Crippen molar-refractivity contribution in [1.82, 2.24) is 9.80 Å². The zero-order valence-electron chi connectivity index (χ0n) is 11.6. The third-order valence-electron chi connectivity index (χ3n) is 4.79. The van der Waals surface area contributed by atoms with Crippen molar-refractivity contribution in [2.75, 3.05) is 33.3 Å². The van der Waals surface area contributed by atoms with Gasteiger partial charge < -0.3 is 14.7 Å². The van der Waals surface area contributed by atoms with Gasteiger partial charge >= 0.3 is 0 Å². The number of ether oxygens (including phenoxy) is 1. The third kappa shape index (κ3) is 2.78. The molecule has 2 saturated heterocycles. The van der Waals surface area contributed by atoms with Crippen LogP contribution < -0.4 is 0 Å². The minimum absolute atomic E-state index is 0.0499. The summed E-state index contributed by atoms with van der Waals surface area (Å²) in [6.45, 7) is 3.28. The number of hydrogen-bond acceptors (Lipinski definition) is 4. The van der Waals surface area contributed by atoms with Gasteiger partial charge in [0.25, 0.3) is 0 Å². The Hall–Kier alpha value is -0.650. The Bertz CT molecular complexity index is 338. The number of aliphatic hydroxyl groups excluding tert-OH is 1. The minimum Gasteiger partial charge on any atom is -0.389 e. The maximum absolute atomic E-state index is 12.0. The minimum atomic E-state index is -0.365. The molecular formula is C14H24N2O3. The van der Waals surface area contributed by atoms with E-state index in [0.29, 0.717) is 24.4 Å². The van der Waals surface area contributed by atoms with E-state index in [1.54, 1.807) is 7.11 Å². The van der Waals surface area contributed by atoms with E-state index in [1.807, 2.05) is 4.90 Å². The molecule has 3 rings (SSSR count). The van der Waals surface area contributed by atoms with Crippen LogP contribution in [0.5, 0.6) is 0 Å². The van der Waals surface area contributed by atoms with Gasteiger partial charge in [-0.2, -0.15) is 0 Å². The van der Waals surface area contributed by atoms with Crippen molar-refractivity contribution in [2.24, 2.45) is 5.92 Å². The molecular weight excluding hydrogens is 244 g/mol. The van der Waals surface area contributed by atoms with Gasteiger partial charge in [0.05, 0.1) is 12.2 Å². The van der Waals surface area contributed by atoms with Gasteiger partial charge in [0.2, 0.25) is 5.91 Å². The molecule has 0 aromatic carbocycles. The fraction of sp³-hybridized carbons (Fsp3) is 0.929. The number of piperidine rings is 1. The van der Waals surface area contributed by atoms with Crippen LogP contribution in [-0.2, 0) is 9.53 Å². The number of carbonyl (C=O) groups is 1. The van der Waals surface area contributed by atoms with Crippen LogP contribution in [0.1, 0.15) is 25.7 Å². The Morgan fingerprint density at radius 3 is 2.37 bits per heavy atom. The highest BCUT2D eigenvalue weighted by atomic mass is 16.5. The summed E-state index contributed by atoms with van der Waals surface area (Å²) in [5, 5.41) is 9.88. The normalized spacial score (nSPS) is 33.9. The lowest BCUT2D eigenvalue weighted by molar-refractivity contribution is -0.134. The highest BCUT2D eigenvalue weighted by Crippen LogP contribution is 2.32. The van der Waals surface area contributed by atoms with Gasteiger partial charge in [-0.15, -0.1) is 0 Å². The van der Waals surface area contributed by atoms with Crippen LogP contribution in [0.4, 0.5) is 0 Å². The van der Waals surface area contributed by atoms with E-state index < -0.39 is 0 Å². The average molecular weight is 268 g/mol. The molecule has 0 spiro atoms. The highest BCUT2D eigenvalue weighted by Gasteiger charge is 2.39. The third-order valence-corrected chi connectivity index (χ3v) is 4.79. The largest absolute Gasteiger partial charge is 0.389 e. The summed E-state index contributed by atoms with van der Waals surface area (Å²) >= 11 is 0. The molecule has 1 aliphatic carbocycles. The molecule has 108 valence electrons. The van der Waals surface area contributed by atoms with Crippen molar-refractivity contribution < 1.29 is 14.6 Å². The maximum Gasteiger partial charge on any atom is 0.225 e. The lowest BCUT2D eigenvalue weighted by Crippen LogP contribution is -2.46. The SMILES string of the molecule is CO[C@H]1CN(C2CCN(C(=O)C3CC3)CC2)C[C@@H]1O. The molecule has 1 amide bonds. The van der Waals surface area contributed by atoms with E-state index in [0.717, 1.165) is 45.3 Å². The van der Waals surface area contributed by atoms with E-state index in [-0.39, 0.29) is 12.2 Å². The number of amides is 1. The predicted octanol–water partition coefficient (Wildman–Crippen LogP) is 0.0789. The molecule has 2 aliphatic heterocycles. The second-order valence-corrected chi connectivity index (χ2v) is 6.13. The van der Waals surface area contributed by atoms with E-state index >= 15 is 0 Å². The molecule has 5 nitrogen and oxygen atoms in total. The van der Waals surface area contributed by atoms with Crippen molar-refractivity contribution in [3.05, 3.63) is 0 Å². The number of nitrogens with zero attached hydrogens (tertiary/aromatic N) is 2. The first-order valence-corrected chi connectivity index (χ1v) is 7.42. The Kier molecular flexibility index (Phi) is 3.78.